The number of hydrogen-bond donors (Lipinski definition) is 1. The van der Waals surface area contributed by atoms with Crippen LogP contribution in [0.25, 0.3) is 0 Å². The molecular weight excluding hydrogens is 228 g/mol. The van der Waals surface area contributed by atoms with Crippen LogP contribution in [-0.2, 0) is 9.53 Å². The second-order valence-corrected chi connectivity index (χ2v) is 6.22. The third-order valence-electron chi connectivity index (χ3n) is 5.26. The highest BCUT2D eigenvalue weighted by molar-refractivity contribution is 5.91. The molecule has 0 bridgehead atoms. The van der Waals surface area contributed by atoms with Gasteiger partial charge in [-0.1, -0.05) is 19.1 Å². The van der Waals surface area contributed by atoms with E-state index in [9.17, 15) is 9.90 Å². The summed E-state index contributed by atoms with van der Waals surface area (Å²) in [6, 6.07) is 0. The molecule has 98 valence electrons. The third kappa shape index (κ3) is 1.43. The topological polar surface area (TPSA) is 46.5 Å². The Morgan fingerprint density at radius 1 is 1.50 bits per heavy atom. The molecule has 2 fully saturated rings. The average molecular weight is 248 g/mol. The van der Waals surface area contributed by atoms with Crippen LogP contribution in [0.4, 0.5) is 0 Å². The Morgan fingerprint density at radius 2 is 2.22 bits per heavy atom. The molecule has 1 aliphatic heterocycles. The zero-order valence-corrected chi connectivity index (χ0v) is 11.0. The lowest BCUT2D eigenvalue weighted by atomic mass is 9.56. The van der Waals surface area contributed by atoms with Crippen LogP contribution in [-0.4, -0.2) is 23.3 Å². The zero-order chi connectivity index (χ0) is 13.1. The second kappa shape index (κ2) is 3.70. The van der Waals surface area contributed by atoms with Gasteiger partial charge >= 0.3 is 5.97 Å². The van der Waals surface area contributed by atoms with Crippen LogP contribution >= 0.6 is 0 Å². The monoisotopic (exact) mass is 248 g/mol. The van der Waals surface area contributed by atoms with Crippen molar-refractivity contribution in [1.29, 1.82) is 0 Å². The van der Waals surface area contributed by atoms with Crippen molar-refractivity contribution in [3.63, 3.8) is 0 Å². The second-order valence-electron chi connectivity index (χ2n) is 6.22. The fourth-order valence-electron chi connectivity index (χ4n) is 3.91. The van der Waals surface area contributed by atoms with Crippen molar-refractivity contribution in [3.8, 4) is 0 Å². The molecule has 1 heterocycles. The van der Waals surface area contributed by atoms with Crippen molar-refractivity contribution in [3.05, 3.63) is 23.3 Å². The quantitative estimate of drug-likeness (QED) is 0.529. The average Bonchev–Trinajstić information content (AvgIpc) is 2.58. The van der Waals surface area contributed by atoms with Gasteiger partial charge in [-0.2, -0.15) is 0 Å². The molecule has 0 aromatic rings. The van der Waals surface area contributed by atoms with Gasteiger partial charge in [0.2, 0.25) is 0 Å². The van der Waals surface area contributed by atoms with E-state index >= 15 is 0 Å². The summed E-state index contributed by atoms with van der Waals surface area (Å²) in [7, 11) is 0. The molecule has 3 heteroatoms. The molecule has 3 nitrogen and oxygen atoms in total. The van der Waals surface area contributed by atoms with Gasteiger partial charge in [-0.05, 0) is 44.1 Å². The predicted molar refractivity (Wildman–Crippen MR) is 67.8 cm³/mol. The lowest BCUT2D eigenvalue weighted by Gasteiger charge is -2.51. The molecule has 0 spiro atoms. The maximum atomic E-state index is 11.6. The number of allylic oxidation sites excluding steroid dienone is 1. The molecule has 18 heavy (non-hydrogen) atoms. The number of rotatable bonds is 0. The Kier molecular flexibility index (Phi) is 2.46. The Labute approximate surface area is 108 Å². The Morgan fingerprint density at radius 3 is 2.94 bits per heavy atom. The molecule has 4 atom stereocenters. The van der Waals surface area contributed by atoms with Gasteiger partial charge in [0.1, 0.15) is 6.10 Å². The maximum absolute atomic E-state index is 11.6. The maximum Gasteiger partial charge on any atom is 0.334 e. The van der Waals surface area contributed by atoms with Gasteiger partial charge in [0.05, 0.1) is 6.10 Å². The van der Waals surface area contributed by atoms with Crippen LogP contribution < -0.4 is 0 Å². The Balaban J connectivity index is 1.99. The fraction of sp³-hybridized carbons (Fsp3) is 0.667. The summed E-state index contributed by atoms with van der Waals surface area (Å²) in [5, 5.41) is 10.3. The number of carbonyl (C=O) groups is 1. The fourth-order valence-corrected chi connectivity index (χ4v) is 3.91. The van der Waals surface area contributed by atoms with E-state index in [0.717, 1.165) is 36.8 Å². The minimum atomic E-state index is -0.311. The van der Waals surface area contributed by atoms with Crippen molar-refractivity contribution in [2.24, 2.45) is 11.3 Å². The predicted octanol–water partition coefficient (Wildman–Crippen LogP) is 2.36. The van der Waals surface area contributed by atoms with Crippen LogP contribution in [0.15, 0.2) is 23.3 Å². The largest absolute Gasteiger partial charge is 0.454 e. The first-order chi connectivity index (χ1) is 8.43. The van der Waals surface area contributed by atoms with E-state index in [1.54, 1.807) is 0 Å². The molecule has 1 N–H and O–H groups in total. The summed E-state index contributed by atoms with van der Waals surface area (Å²) in [4.78, 5) is 11.6. The number of fused-ring (bicyclic) bond motifs is 2. The molecule has 2 saturated carbocycles. The highest BCUT2D eigenvalue weighted by atomic mass is 16.5. The molecule has 0 aromatic heterocycles. The summed E-state index contributed by atoms with van der Waals surface area (Å²) in [5.41, 5.74) is 2.95. The molecule has 0 aromatic carbocycles. The lowest BCUT2D eigenvalue weighted by molar-refractivity contribution is -0.144. The smallest absolute Gasteiger partial charge is 0.334 e. The molecule has 0 radical (unpaired) electrons. The van der Waals surface area contributed by atoms with Gasteiger partial charge in [0, 0.05) is 11.0 Å². The SMILES string of the molecule is C=C1CC[C@@H](O)[C@]2(C)C[C@@H]3OC(=O)C(C)=C3C[C@@H]12. The first kappa shape index (κ1) is 12.0. The number of esters is 1. The standard InChI is InChI=1S/C15H20O3/c1-8-4-5-13(16)15(3)7-12-10(6-11(8)15)9(2)14(17)18-12/h11-13,16H,1,4-7H2,2-3H3/t11-,12-,13+,15+/m0/s1. The summed E-state index contributed by atoms with van der Waals surface area (Å²) in [5.74, 6) is 0.106. The van der Waals surface area contributed by atoms with E-state index in [1.807, 2.05) is 6.92 Å². The number of aliphatic hydroxyl groups excluding tert-OH is 1. The van der Waals surface area contributed by atoms with E-state index in [-0.39, 0.29) is 29.5 Å². The first-order valence-corrected chi connectivity index (χ1v) is 6.70. The van der Waals surface area contributed by atoms with E-state index in [1.165, 1.54) is 5.57 Å². The van der Waals surface area contributed by atoms with Gasteiger partial charge in [0.25, 0.3) is 0 Å². The van der Waals surface area contributed by atoms with Gasteiger partial charge in [-0.25, -0.2) is 4.79 Å². The van der Waals surface area contributed by atoms with E-state index in [2.05, 4.69) is 13.5 Å². The van der Waals surface area contributed by atoms with E-state index < -0.39 is 0 Å². The number of aliphatic hydroxyl groups is 1. The number of hydrogen-bond acceptors (Lipinski definition) is 3. The van der Waals surface area contributed by atoms with Gasteiger partial charge in [-0.15, -0.1) is 0 Å². The number of ether oxygens (including phenoxy) is 1. The minimum Gasteiger partial charge on any atom is -0.454 e. The van der Waals surface area contributed by atoms with Crippen LogP contribution in [0.5, 0.6) is 0 Å². The van der Waals surface area contributed by atoms with Crippen LogP contribution in [0.3, 0.4) is 0 Å². The van der Waals surface area contributed by atoms with Gasteiger partial charge in [0.15, 0.2) is 0 Å². The summed E-state index contributed by atoms with van der Waals surface area (Å²) < 4.78 is 5.42. The molecule has 0 saturated heterocycles. The van der Waals surface area contributed by atoms with Crippen molar-refractivity contribution >= 4 is 5.97 Å². The Hall–Kier alpha value is -1.09. The van der Waals surface area contributed by atoms with Crippen LogP contribution in [0.1, 0.15) is 39.5 Å². The summed E-state index contributed by atoms with van der Waals surface area (Å²) in [6.45, 7) is 8.14. The first-order valence-electron chi connectivity index (χ1n) is 6.70. The van der Waals surface area contributed by atoms with E-state index in [0.29, 0.717) is 0 Å². The molecule has 3 aliphatic rings. The molecular formula is C15H20O3. The third-order valence-corrected chi connectivity index (χ3v) is 5.26. The van der Waals surface area contributed by atoms with Gasteiger partial charge < -0.3 is 9.84 Å². The van der Waals surface area contributed by atoms with Gasteiger partial charge in [-0.3, -0.25) is 0 Å². The molecule has 2 aliphatic carbocycles. The Bertz CT molecular complexity index is 462. The molecule has 0 amide bonds. The zero-order valence-electron chi connectivity index (χ0n) is 11.0. The highest BCUT2D eigenvalue weighted by Gasteiger charge is 2.53. The van der Waals surface area contributed by atoms with E-state index in [4.69, 9.17) is 4.74 Å². The lowest BCUT2D eigenvalue weighted by Crippen LogP contribution is -2.49. The number of carbonyl (C=O) groups excluding carboxylic acids is 1. The molecule has 3 rings (SSSR count). The van der Waals surface area contributed by atoms with Crippen LogP contribution in [0.2, 0.25) is 0 Å². The van der Waals surface area contributed by atoms with Crippen molar-refractivity contribution in [1.82, 2.24) is 0 Å². The van der Waals surface area contributed by atoms with Crippen molar-refractivity contribution in [2.45, 2.75) is 51.7 Å². The summed E-state index contributed by atoms with van der Waals surface area (Å²) >= 11 is 0. The highest BCUT2D eigenvalue weighted by Crippen LogP contribution is 2.55. The summed E-state index contributed by atoms with van der Waals surface area (Å²) in [6.07, 6.45) is 2.82. The molecule has 0 unspecified atom stereocenters. The van der Waals surface area contributed by atoms with Crippen LogP contribution in [0, 0.1) is 11.3 Å². The van der Waals surface area contributed by atoms with Crippen molar-refractivity contribution in [2.75, 3.05) is 0 Å². The normalized spacial score (nSPS) is 43.6. The van der Waals surface area contributed by atoms with Crippen molar-refractivity contribution < 1.29 is 14.6 Å². The minimum absolute atomic E-state index is 0.112.